The Kier molecular flexibility index (Phi) is 6.93. The summed E-state index contributed by atoms with van der Waals surface area (Å²) in [6, 6.07) is 0. The van der Waals surface area contributed by atoms with Crippen molar-refractivity contribution in [3.05, 3.63) is 0 Å². The molecule has 5 heteroatoms. The number of hydrogen-bond acceptors (Lipinski definition) is 4. The van der Waals surface area contributed by atoms with E-state index >= 15 is 0 Å². The topological polar surface area (TPSA) is 50.8 Å². The van der Waals surface area contributed by atoms with Gasteiger partial charge < -0.3 is 19.7 Å². The van der Waals surface area contributed by atoms with Gasteiger partial charge in [-0.1, -0.05) is 0 Å². The zero-order valence-corrected chi connectivity index (χ0v) is 13.5. The van der Waals surface area contributed by atoms with Gasteiger partial charge in [-0.15, -0.1) is 0 Å². The molecule has 5 nitrogen and oxygen atoms in total. The van der Waals surface area contributed by atoms with E-state index in [0.717, 1.165) is 52.0 Å². The lowest BCUT2D eigenvalue weighted by Gasteiger charge is -2.35. The maximum Gasteiger partial charge on any atom is 0.223 e. The molecule has 2 aliphatic rings. The number of carbonyl (C=O) groups excluding carboxylic acids is 1. The summed E-state index contributed by atoms with van der Waals surface area (Å²) in [6.45, 7) is 6.96. The number of nitrogens with zero attached hydrogens (tertiary/aromatic N) is 1. The van der Waals surface area contributed by atoms with E-state index < -0.39 is 0 Å². The fourth-order valence-electron chi connectivity index (χ4n) is 3.17. The molecular formula is C16H32N2O3. The van der Waals surface area contributed by atoms with Crippen LogP contribution >= 0.6 is 0 Å². The SMILES string of the molecule is CCOCC1CCC(C(=O)NCCOC2CN(C)C2)CC1.[HH]. The van der Waals surface area contributed by atoms with E-state index in [0.29, 0.717) is 25.2 Å². The standard InChI is InChI=1S/C16H30N2O3.H2/c1-3-20-12-13-4-6-14(7-5-13)16(19)17-8-9-21-15-10-18(2)11-15;/h13-15H,3-12H2,1-2H3,(H,17,19);1H. The number of ether oxygens (including phenoxy) is 2. The highest BCUT2D eigenvalue weighted by molar-refractivity contribution is 5.78. The monoisotopic (exact) mass is 300 g/mol. The van der Waals surface area contributed by atoms with Gasteiger partial charge in [0.15, 0.2) is 0 Å². The van der Waals surface area contributed by atoms with E-state index in [1.807, 2.05) is 6.92 Å². The number of nitrogens with one attached hydrogen (secondary N) is 1. The van der Waals surface area contributed by atoms with E-state index in [1.54, 1.807) is 0 Å². The highest BCUT2D eigenvalue weighted by atomic mass is 16.5. The Labute approximate surface area is 129 Å². The van der Waals surface area contributed by atoms with Crippen molar-refractivity contribution in [1.82, 2.24) is 10.2 Å². The average molecular weight is 300 g/mol. The van der Waals surface area contributed by atoms with Gasteiger partial charge >= 0.3 is 0 Å². The third kappa shape index (κ3) is 5.57. The lowest BCUT2D eigenvalue weighted by Crippen LogP contribution is -2.50. The first kappa shape index (κ1) is 16.7. The molecule has 0 radical (unpaired) electrons. The van der Waals surface area contributed by atoms with Gasteiger partial charge in [0, 0.05) is 40.2 Å². The number of likely N-dealkylation sites (N-methyl/N-ethyl adjacent to an activating group) is 1. The quantitative estimate of drug-likeness (QED) is 0.691. The number of rotatable bonds is 8. The van der Waals surface area contributed by atoms with Crippen LogP contribution in [0.25, 0.3) is 0 Å². The molecule has 1 N–H and O–H groups in total. The first-order valence-electron chi connectivity index (χ1n) is 8.34. The van der Waals surface area contributed by atoms with E-state index in [1.165, 1.54) is 0 Å². The van der Waals surface area contributed by atoms with Crippen LogP contribution in [0.3, 0.4) is 0 Å². The minimum Gasteiger partial charge on any atom is -0.381 e. The summed E-state index contributed by atoms with van der Waals surface area (Å²) >= 11 is 0. The normalized spacial score (nSPS) is 27.3. The predicted octanol–water partition coefficient (Wildman–Crippen LogP) is 1.52. The molecule has 2 fully saturated rings. The Bertz CT molecular complexity index is 317. The van der Waals surface area contributed by atoms with Crippen LogP contribution < -0.4 is 5.32 Å². The van der Waals surface area contributed by atoms with E-state index in [2.05, 4.69) is 17.3 Å². The predicted molar refractivity (Wildman–Crippen MR) is 84.3 cm³/mol. The van der Waals surface area contributed by atoms with Crippen molar-refractivity contribution in [2.75, 3.05) is 46.5 Å². The van der Waals surface area contributed by atoms with Crippen LogP contribution in [0, 0.1) is 11.8 Å². The molecule has 21 heavy (non-hydrogen) atoms. The van der Waals surface area contributed by atoms with E-state index in [9.17, 15) is 4.79 Å². The summed E-state index contributed by atoms with van der Waals surface area (Å²) < 4.78 is 11.1. The van der Waals surface area contributed by atoms with Gasteiger partial charge in [0.25, 0.3) is 0 Å². The number of likely N-dealkylation sites (tertiary alicyclic amines) is 1. The third-order valence-corrected chi connectivity index (χ3v) is 4.56. The molecule has 124 valence electrons. The molecule has 1 heterocycles. The summed E-state index contributed by atoms with van der Waals surface area (Å²) in [6.07, 6.45) is 4.59. The molecule has 0 aromatic heterocycles. The van der Waals surface area contributed by atoms with Crippen LogP contribution in [0.2, 0.25) is 0 Å². The Balaban J connectivity index is 0.00000242. The van der Waals surface area contributed by atoms with Gasteiger partial charge in [-0.2, -0.15) is 0 Å². The molecule has 2 rings (SSSR count). The van der Waals surface area contributed by atoms with Crippen molar-refractivity contribution in [3.63, 3.8) is 0 Å². The first-order chi connectivity index (χ1) is 10.2. The smallest absolute Gasteiger partial charge is 0.223 e. The second kappa shape index (κ2) is 8.71. The van der Waals surface area contributed by atoms with Gasteiger partial charge in [0.2, 0.25) is 5.91 Å². The third-order valence-electron chi connectivity index (χ3n) is 4.56. The van der Waals surface area contributed by atoms with Crippen LogP contribution in [0.5, 0.6) is 0 Å². The molecule has 1 amide bonds. The molecular weight excluding hydrogens is 268 g/mol. The zero-order valence-electron chi connectivity index (χ0n) is 13.5. The summed E-state index contributed by atoms with van der Waals surface area (Å²) in [5, 5.41) is 3.02. The first-order valence-corrected chi connectivity index (χ1v) is 8.34. The van der Waals surface area contributed by atoms with Crippen molar-refractivity contribution in [2.24, 2.45) is 11.8 Å². The van der Waals surface area contributed by atoms with Crippen LogP contribution in [-0.2, 0) is 14.3 Å². The average Bonchev–Trinajstić information content (AvgIpc) is 2.47. The van der Waals surface area contributed by atoms with E-state index in [-0.39, 0.29) is 13.3 Å². The minimum atomic E-state index is 0. The largest absolute Gasteiger partial charge is 0.381 e. The number of hydrogen-bond donors (Lipinski definition) is 1. The molecule has 1 saturated heterocycles. The van der Waals surface area contributed by atoms with Crippen LogP contribution in [-0.4, -0.2) is 63.4 Å². The highest BCUT2D eigenvalue weighted by Gasteiger charge is 2.26. The minimum absolute atomic E-state index is 0. The van der Waals surface area contributed by atoms with Crippen molar-refractivity contribution in [2.45, 2.75) is 38.7 Å². The molecule has 0 atom stereocenters. The lowest BCUT2D eigenvalue weighted by molar-refractivity contribution is -0.127. The van der Waals surface area contributed by atoms with Crippen molar-refractivity contribution < 1.29 is 15.7 Å². The molecule has 0 unspecified atom stereocenters. The van der Waals surface area contributed by atoms with Gasteiger partial charge in [-0.3, -0.25) is 4.79 Å². The lowest BCUT2D eigenvalue weighted by atomic mass is 9.82. The van der Waals surface area contributed by atoms with Gasteiger partial charge in [-0.25, -0.2) is 0 Å². The van der Waals surface area contributed by atoms with Gasteiger partial charge in [0.05, 0.1) is 12.7 Å². The van der Waals surface area contributed by atoms with Gasteiger partial charge in [0.1, 0.15) is 0 Å². The molecule has 1 saturated carbocycles. The van der Waals surface area contributed by atoms with Crippen molar-refractivity contribution in [3.8, 4) is 0 Å². The number of carbonyl (C=O) groups is 1. The van der Waals surface area contributed by atoms with Crippen LogP contribution in [0.15, 0.2) is 0 Å². The number of amides is 1. The van der Waals surface area contributed by atoms with Gasteiger partial charge in [-0.05, 0) is 45.6 Å². The molecule has 0 aromatic rings. The molecule has 0 bridgehead atoms. The Morgan fingerprint density at radius 2 is 2.00 bits per heavy atom. The van der Waals surface area contributed by atoms with Crippen molar-refractivity contribution in [1.29, 1.82) is 0 Å². The summed E-state index contributed by atoms with van der Waals surface area (Å²) in [5.41, 5.74) is 0. The van der Waals surface area contributed by atoms with Crippen molar-refractivity contribution >= 4 is 5.91 Å². The van der Waals surface area contributed by atoms with E-state index in [4.69, 9.17) is 9.47 Å². The second-order valence-corrected chi connectivity index (χ2v) is 6.38. The Morgan fingerprint density at radius 3 is 2.62 bits per heavy atom. The fraction of sp³-hybridized carbons (Fsp3) is 0.938. The fourth-order valence-corrected chi connectivity index (χ4v) is 3.17. The summed E-state index contributed by atoms with van der Waals surface area (Å²) in [4.78, 5) is 14.3. The zero-order chi connectivity index (χ0) is 15.1. The maximum absolute atomic E-state index is 12.1. The summed E-state index contributed by atoms with van der Waals surface area (Å²) in [7, 11) is 2.09. The molecule has 0 spiro atoms. The maximum atomic E-state index is 12.1. The van der Waals surface area contributed by atoms with Crippen LogP contribution in [0.1, 0.15) is 34.0 Å². The van der Waals surface area contributed by atoms with Crippen LogP contribution in [0.4, 0.5) is 0 Å². The second-order valence-electron chi connectivity index (χ2n) is 6.38. The summed E-state index contributed by atoms with van der Waals surface area (Å²) in [5.74, 6) is 1.05. The molecule has 0 aromatic carbocycles. The molecule has 1 aliphatic carbocycles. The Morgan fingerprint density at radius 1 is 1.29 bits per heavy atom. The highest BCUT2D eigenvalue weighted by Crippen LogP contribution is 2.29. The molecule has 1 aliphatic heterocycles. The Hall–Kier alpha value is -0.650.